The molecule has 5 nitrogen and oxygen atoms in total. The van der Waals surface area contributed by atoms with Crippen molar-refractivity contribution in [3.05, 3.63) is 11.8 Å². The molecule has 0 saturated heterocycles. The summed E-state index contributed by atoms with van der Waals surface area (Å²) in [4.78, 5) is 11.3. The minimum Gasteiger partial charge on any atom is -0.311 e. The smallest absolute Gasteiger partial charge is 0.239 e. The quantitative estimate of drug-likeness (QED) is 0.718. The first-order chi connectivity index (χ1) is 7.40. The van der Waals surface area contributed by atoms with E-state index in [1.165, 1.54) is 0 Å². The first-order valence-electron chi connectivity index (χ1n) is 5.39. The minimum atomic E-state index is -0.0868. The summed E-state index contributed by atoms with van der Waals surface area (Å²) in [6.07, 6.45) is 0.905. The van der Waals surface area contributed by atoms with Gasteiger partial charge in [0.25, 0.3) is 0 Å². The zero-order chi connectivity index (χ0) is 12.2. The lowest BCUT2D eigenvalue weighted by Crippen LogP contribution is -2.25. The largest absolute Gasteiger partial charge is 0.311 e. The molecule has 0 saturated carbocycles. The second-order valence-corrected chi connectivity index (χ2v) is 5.09. The van der Waals surface area contributed by atoms with Crippen molar-refractivity contribution in [2.24, 2.45) is 5.41 Å². The average molecular weight is 224 g/mol. The Kier molecular flexibility index (Phi) is 4.06. The van der Waals surface area contributed by atoms with Crippen molar-refractivity contribution in [2.45, 2.75) is 27.2 Å². The number of aromatic nitrogens is 2. The van der Waals surface area contributed by atoms with E-state index in [4.69, 9.17) is 0 Å². The highest BCUT2D eigenvalue weighted by molar-refractivity contribution is 5.91. The van der Waals surface area contributed by atoms with Crippen molar-refractivity contribution < 1.29 is 4.79 Å². The van der Waals surface area contributed by atoms with Crippen molar-refractivity contribution in [1.29, 1.82) is 0 Å². The van der Waals surface area contributed by atoms with Crippen LogP contribution in [0.15, 0.2) is 6.07 Å². The molecule has 0 aliphatic heterocycles. The van der Waals surface area contributed by atoms with Crippen LogP contribution in [0.2, 0.25) is 0 Å². The van der Waals surface area contributed by atoms with Crippen molar-refractivity contribution in [2.75, 3.05) is 18.9 Å². The molecule has 16 heavy (non-hydrogen) atoms. The molecule has 0 radical (unpaired) electrons. The predicted octanol–water partition coefficient (Wildman–Crippen LogP) is 1.16. The number of likely N-dealkylation sites (N-methyl/N-ethyl adjacent to an activating group) is 1. The molecule has 1 amide bonds. The van der Waals surface area contributed by atoms with Crippen LogP contribution in [-0.2, 0) is 11.2 Å². The van der Waals surface area contributed by atoms with Gasteiger partial charge in [0.05, 0.1) is 6.54 Å². The van der Waals surface area contributed by atoms with Crippen LogP contribution in [0.4, 0.5) is 5.82 Å². The van der Waals surface area contributed by atoms with E-state index in [-0.39, 0.29) is 11.3 Å². The Bertz CT molecular complexity index is 351. The van der Waals surface area contributed by atoms with Gasteiger partial charge >= 0.3 is 0 Å². The lowest BCUT2D eigenvalue weighted by atomic mass is 9.91. The summed E-state index contributed by atoms with van der Waals surface area (Å²) in [7, 11) is 1.73. The molecule has 90 valence electrons. The molecule has 0 atom stereocenters. The summed E-state index contributed by atoms with van der Waals surface area (Å²) < 4.78 is 0. The summed E-state index contributed by atoms with van der Waals surface area (Å²) in [6, 6.07) is 1.87. The van der Waals surface area contributed by atoms with E-state index in [0.29, 0.717) is 12.4 Å². The van der Waals surface area contributed by atoms with E-state index in [1.54, 1.807) is 7.05 Å². The van der Waals surface area contributed by atoms with Gasteiger partial charge in [0.15, 0.2) is 5.82 Å². The van der Waals surface area contributed by atoms with E-state index in [1.807, 2.05) is 6.07 Å². The van der Waals surface area contributed by atoms with Crippen LogP contribution in [0.25, 0.3) is 0 Å². The van der Waals surface area contributed by atoms with Crippen molar-refractivity contribution >= 4 is 11.7 Å². The van der Waals surface area contributed by atoms with Gasteiger partial charge < -0.3 is 10.6 Å². The molecule has 1 heterocycles. The van der Waals surface area contributed by atoms with Crippen LogP contribution in [0, 0.1) is 5.41 Å². The number of aromatic amines is 1. The summed E-state index contributed by atoms with van der Waals surface area (Å²) in [5, 5.41) is 12.5. The Balaban J connectivity index is 2.55. The lowest BCUT2D eigenvalue weighted by Gasteiger charge is -2.15. The number of nitrogens with one attached hydrogen (secondary N) is 3. The summed E-state index contributed by atoms with van der Waals surface area (Å²) >= 11 is 0. The molecule has 0 aromatic carbocycles. The fourth-order valence-corrected chi connectivity index (χ4v) is 1.44. The third-order valence-electron chi connectivity index (χ3n) is 1.96. The maximum atomic E-state index is 11.3. The first kappa shape index (κ1) is 12.7. The summed E-state index contributed by atoms with van der Waals surface area (Å²) in [6.45, 7) is 6.77. The van der Waals surface area contributed by atoms with Gasteiger partial charge in [-0.2, -0.15) is 5.10 Å². The number of carbonyl (C=O) groups excluding carboxylic acids is 1. The second-order valence-electron chi connectivity index (χ2n) is 5.09. The Labute approximate surface area is 96.0 Å². The normalized spacial score (nSPS) is 11.5. The van der Waals surface area contributed by atoms with Crippen LogP contribution >= 0.6 is 0 Å². The van der Waals surface area contributed by atoms with E-state index in [2.05, 4.69) is 41.6 Å². The highest BCUT2D eigenvalue weighted by atomic mass is 16.1. The van der Waals surface area contributed by atoms with Crippen molar-refractivity contribution in [1.82, 2.24) is 15.5 Å². The molecule has 0 aliphatic rings. The standard InChI is InChI=1S/C11H20N4O/c1-11(2,3)6-8-5-9(15-14-8)13-10(16)7-12-4/h5,12H,6-7H2,1-4H3,(H2,13,14,15,16). The number of nitrogens with zero attached hydrogens (tertiary/aromatic N) is 1. The Morgan fingerprint density at radius 1 is 1.50 bits per heavy atom. The zero-order valence-corrected chi connectivity index (χ0v) is 10.3. The molecule has 1 aromatic rings. The van der Waals surface area contributed by atoms with E-state index < -0.39 is 0 Å². The fourth-order valence-electron chi connectivity index (χ4n) is 1.44. The molecule has 1 rings (SSSR count). The average Bonchev–Trinajstić information content (AvgIpc) is 2.49. The van der Waals surface area contributed by atoms with Gasteiger partial charge in [-0.25, -0.2) is 0 Å². The van der Waals surface area contributed by atoms with Crippen molar-refractivity contribution in [3.63, 3.8) is 0 Å². The number of anilines is 1. The molecule has 0 aliphatic carbocycles. The number of rotatable bonds is 4. The monoisotopic (exact) mass is 224 g/mol. The fraction of sp³-hybridized carbons (Fsp3) is 0.636. The molecule has 5 heteroatoms. The minimum absolute atomic E-state index is 0.0868. The number of H-pyrrole nitrogens is 1. The van der Waals surface area contributed by atoms with Gasteiger partial charge in [0.2, 0.25) is 5.91 Å². The molecule has 0 spiro atoms. The SMILES string of the molecule is CNCC(=O)Nc1cc(CC(C)(C)C)[nH]n1. The molecular formula is C11H20N4O. The summed E-state index contributed by atoms with van der Waals surface area (Å²) in [5.74, 6) is 0.496. The Morgan fingerprint density at radius 3 is 2.75 bits per heavy atom. The number of hydrogen-bond acceptors (Lipinski definition) is 3. The van der Waals surface area contributed by atoms with Gasteiger partial charge in [-0.15, -0.1) is 0 Å². The van der Waals surface area contributed by atoms with Crippen LogP contribution in [0.5, 0.6) is 0 Å². The maximum absolute atomic E-state index is 11.3. The molecule has 3 N–H and O–H groups in total. The van der Waals surface area contributed by atoms with Crippen LogP contribution in [-0.4, -0.2) is 29.7 Å². The number of carbonyl (C=O) groups is 1. The second kappa shape index (κ2) is 5.12. The Hall–Kier alpha value is -1.36. The zero-order valence-electron chi connectivity index (χ0n) is 10.3. The molecule has 0 bridgehead atoms. The van der Waals surface area contributed by atoms with Crippen LogP contribution in [0.1, 0.15) is 26.5 Å². The molecule has 1 aromatic heterocycles. The van der Waals surface area contributed by atoms with Gasteiger partial charge in [0, 0.05) is 11.8 Å². The highest BCUT2D eigenvalue weighted by Gasteiger charge is 2.13. The summed E-state index contributed by atoms with van der Waals surface area (Å²) in [5.41, 5.74) is 1.24. The maximum Gasteiger partial charge on any atom is 0.239 e. The highest BCUT2D eigenvalue weighted by Crippen LogP contribution is 2.20. The van der Waals surface area contributed by atoms with Crippen LogP contribution < -0.4 is 10.6 Å². The van der Waals surface area contributed by atoms with E-state index in [0.717, 1.165) is 12.1 Å². The molecule has 0 fully saturated rings. The van der Waals surface area contributed by atoms with Gasteiger partial charge in [-0.1, -0.05) is 20.8 Å². The van der Waals surface area contributed by atoms with Crippen LogP contribution in [0.3, 0.4) is 0 Å². The number of hydrogen-bond donors (Lipinski definition) is 3. The molecular weight excluding hydrogens is 204 g/mol. The Morgan fingerprint density at radius 2 is 2.19 bits per heavy atom. The topological polar surface area (TPSA) is 69.8 Å². The predicted molar refractivity (Wildman–Crippen MR) is 64.3 cm³/mol. The van der Waals surface area contributed by atoms with Gasteiger partial charge in [-0.3, -0.25) is 9.89 Å². The lowest BCUT2D eigenvalue weighted by molar-refractivity contribution is -0.115. The van der Waals surface area contributed by atoms with Crippen molar-refractivity contribution in [3.8, 4) is 0 Å². The third kappa shape index (κ3) is 4.44. The first-order valence-corrected chi connectivity index (χ1v) is 5.39. The van der Waals surface area contributed by atoms with E-state index in [9.17, 15) is 4.79 Å². The van der Waals surface area contributed by atoms with E-state index >= 15 is 0 Å². The molecule has 0 unspecified atom stereocenters. The number of amides is 1. The third-order valence-corrected chi connectivity index (χ3v) is 1.96. The van der Waals surface area contributed by atoms with Gasteiger partial charge in [0.1, 0.15) is 0 Å². The van der Waals surface area contributed by atoms with Gasteiger partial charge in [-0.05, 0) is 18.9 Å².